The highest BCUT2D eigenvalue weighted by atomic mass is 17.5. The van der Waals surface area contributed by atoms with E-state index in [1.807, 2.05) is 54.6 Å². The maximum absolute atomic E-state index is 6.24. The van der Waals surface area contributed by atoms with Gasteiger partial charge in [-0.05, 0) is 72.2 Å². The zero-order valence-electron chi connectivity index (χ0n) is 20.2. The Balaban J connectivity index is 1.81. The van der Waals surface area contributed by atoms with Crippen LogP contribution in [0.3, 0.4) is 0 Å². The summed E-state index contributed by atoms with van der Waals surface area (Å²) in [5.74, 6) is 0. The van der Waals surface area contributed by atoms with Gasteiger partial charge in [-0.3, -0.25) is 0 Å². The van der Waals surface area contributed by atoms with Crippen LogP contribution in [0.25, 0.3) is 0 Å². The van der Waals surface area contributed by atoms with Crippen molar-refractivity contribution in [1.82, 2.24) is 0 Å². The summed E-state index contributed by atoms with van der Waals surface area (Å²) in [4.78, 5) is 12.4. The van der Waals surface area contributed by atoms with Gasteiger partial charge in [-0.1, -0.05) is 102 Å². The Morgan fingerprint density at radius 1 is 0.529 bits per heavy atom. The summed E-state index contributed by atoms with van der Waals surface area (Å²) < 4.78 is 0. The van der Waals surface area contributed by atoms with Gasteiger partial charge < -0.3 is 0 Å². The number of rotatable bonds is 4. The Bertz CT molecular complexity index is 1240. The highest BCUT2D eigenvalue weighted by Crippen LogP contribution is 2.53. The van der Waals surface area contributed by atoms with Crippen molar-refractivity contribution < 1.29 is 14.8 Å². The molecule has 1 heterocycles. The molecule has 3 heteroatoms. The van der Waals surface area contributed by atoms with Gasteiger partial charge in [0, 0.05) is 6.42 Å². The first-order valence-corrected chi connectivity index (χ1v) is 11.8. The van der Waals surface area contributed by atoms with Crippen LogP contribution in [0, 0.1) is 27.7 Å². The van der Waals surface area contributed by atoms with Crippen molar-refractivity contribution in [3.63, 3.8) is 0 Å². The number of aryl methyl sites for hydroxylation is 1. The van der Waals surface area contributed by atoms with Crippen molar-refractivity contribution in [1.29, 1.82) is 0 Å². The second-order valence-corrected chi connectivity index (χ2v) is 9.28. The Hall–Kier alpha value is -3.24. The van der Waals surface area contributed by atoms with Crippen LogP contribution in [0.5, 0.6) is 0 Å². The minimum Gasteiger partial charge on any atom is -0.190 e. The standard InChI is InChI=1S/C31H30O3/c1-22-20-29(25(4)24(3)23(22)2)31(28-18-12-7-13-19-28)21-30(32-34-33-31,26-14-8-5-9-15-26)27-16-10-6-11-17-27/h5-20H,21H2,1-4H3. The molecule has 0 spiro atoms. The minimum atomic E-state index is -0.876. The van der Waals surface area contributed by atoms with Crippen LogP contribution >= 0.6 is 0 Å². The molecular weight excluding hydrogens is 420 g/mol. The van der Waals surface area contributed by atoms with Gasteiger partial charge in [0.2, 0.25) is 0 Å². The Morgan fingerprint density at radius 2 is 0.971 bits per heavy atom. The van der Waals surface area contributed by atoms with Crippen LogP contribution in [0.4, 0.5) is 0 Å². The molecule has 1 aliphatic rings. The third-order valence-corrected chi connectivity index (χ3v) is 7.49. The van der Waals surface area contributed by atoms with Gasteiger partial charge in [-0.15, -0.1) is 0 Å². The second kappa shape index (κ2) is 8.84. The first-order chi connectivity index (χ1) is 16.5. The molecule has 1 unspecified atom stereocenters. The van der Waals surface area contributed by atoms with E-state index in [0.29, 0.717) is 6.42 Å². The molecule has 0 amide bonds. The predicted molar refractivity (Wildman–Crippen MR) is 134 cm³/mol. The molecule has 4 aromatic carbocycles. The summed E-state index contributed by atoms with van der Waals surface area (Å²) in [6, 6.07) is 33.1. The topological polar surface area (TPSA) is 27.7 Å². The largest absolute Gasteiger partial charge is 0.190 e. The van der Waals surface area contributed by atoms with Crippen molar-refractivity contribution in [2.24, 2.45) is 0 Å². The summed E-state index contributed by atoms with van der Waals surface area (Å²) in [5, 5.41) is 5.68. The van der Waals surface area contributed by atoms with Gasteiger partial charge in [0.1, 0.15) is 0 Å². The molecule has 0 bridgehead atoms. The number of hydrogen-bond donors (Lipinski definition) is 0. The smallest absolute Gasteiger partial charge is 0.160 e. The molecule has 0 radical (unpaired) electrons. The van der Waals surface area contributed by atoms with Gasteiger partial charge in [0.05, 0.1) is 0 Å². The first-order valence-electron chi connectivity index (χ1n) is 11.8. The first kappa shape index (κ1) is 22.5. The fraction of sp³-hybridized carbons (Fsp3) is 0.226. The lowest BCUT2D eigenvalue weighted by molar-refractivity contribution is -0.600. The van der Waals surface area contributed by atoms with E-state index in [-0.39, 0.29) is 0 Å². The molecule has 1 fully saturated rings. The second-order valence-electron chi connectivity index (χ2n) is 9.28. The monoisotopic (exact) mass is 450 g/mol. The van der Waals surface area contributed by atoms with Gasteiger partial charge in [0.15, 0.2) is 11.2 Å². The van der Waals surface area contributed by atoms with Crippen LogP contribution < -0.4 is 0 Å². The summed E-state index contributed by atoms with van der Waals surface area (Å²) in [6.45, 7) is 8.69. The third kappa shape index (κ3) is 3.57. The maximum Gasteiger partial charge on any atom is 0.160 e. The normalized spacial score (nSPS) is 19.6. The quantitative estimate of drug-likeness (QED) is 0.303. The van der Waals surface area contributed by atoms with Crippen LogP contribution in [0.15, 0.2) is 97.1 Å². The van der Waals surface area contributed by atoms with Crippen LogP contribution in [0.2, 0.25) is 0 Å². The Morgan fingerprint density at radius 3 is 1.47 bits per heavy atom. The zero-order chi connectivity index (χ0) is 23.8. The number of hydrogen-bond acceptors (Lipinski definition) is 3. The summed E-state index contributed by atoms with van der Waals surface area (Å²) >= 11 is 0. The van der Waals surface area contributed by atoms with Crippen LogP contribution in [0.1, 0.15) is 50.9 Å². The average Bonchev–Trinajstić information content (AvgIpc) is 2.91. The molecule has 5 rings (SSSR count). The average molecular weight is 451 g/mol. The van der Waals surface area contributed by atoms with Crippen molar-refractivity contribution in [2.45, 2.75) is 45.3 Å². The van der Waals surface area contributed by atoms with Crippen molar-refractivity contribution in [3.05, 3.63) is 142 Å². The van der Waals surface area contributed by atoms with E-state index >= 15 is 0 Å². The fourth-order valence-electron chi connectivity index (χ4n) is 5.21. The predicted octanol–water partition coefficient (Wildman–Crippen LogP) is 7.39. The van der Waals surface area contributed by atoms with E-state index < -0.39 is 11.2 Å². The molecule has 0 N–H and O–H groups in total. The van der Waals surface area contributed by atoms with E-state index in [1.165, 1.54) is 22.3 Å². The van der Waals surface area contributed by atoms with Gasteiger partial charge >= 0.3 is 0 Å². The molecule has 1 atom stereocenters. The maximum atomic E-state index is 6.24. The van der Waals surface area contributed by atoms with Crippen molar-refractivity contribution in [3.8, 4) is 0 Å². The Labute approximate surface area is 201 Å². The molecule has 0 aromatic heterocycles. The van der Waals surface area contributed by atoms with Crippen LogP contribution in [-0.2, 0) is 26.0 Å². The molecule has 0 aliphatic carbocycles. The molecule has 34 heavy (non-hydrogen) atoms. The highest BCUT2D eigenvalue weighted by Gasteiger charge is 2.54. The molecule has 1 saturated heterocycles. The van der Waals surface area contributed by atoms with E-state index in [2.05, 4.69) is 70.2 Å². The van der Waals surface area contributed by atoms with Crippen LogP contribution in [-0.4, -0.2) is 0 Å². The molecule has 3 nitrogen and oxygen atoms in total. The molecule has 172 valence electrons. The van der Waals surface area contributed by atoms with Crippen molar-refractivity contribution in [2.75, 3.05) is 0 Å². The van der Waals surface area contributed by atoms with Gasteiger partial charge in [-0.2, -0.15) is 9.78 Å². The lowest BCUT2D eigenvalue weighted by atomic mass is 9.70. The van der Waals surface area contributed by atoms with E-state index in [1.54, 1.807) is 0 Å². The van der Waals surface area contributed by atoms with E-state index in [0.717, 1.165) is 22.3 Å². The number of benzene rings is 4. The lowest BCUT2D eigenvalue weighted by Gasteiger charge is -2.46. The van der Waals surface area contributed by atoms with E-state index in [9.17, 15) is 0 Å². The summed E-state index contributed by atoms with van der Waals surface area (Å²) in [6.07, 6.45) is 0.515. The SMILES string of the molecule is Cc1cc(C2(c3ccccc3)CC(c3ccccc3)(c3ccccc3)OOO2)c(C)c(C)c1C. The fourth-order valence-corrected chi connectivity index (χ4v) is 5.21. The third-order valence-electron chi connectivity index (χ3n) is 7.49. The molecule has 1 aliphatic heterocycles. The van der Waals surface area contributed by atoms with E-state index in [4.69, 9.17) is 14.8 Å². The van der Waals surface area contributed by atoms with Gasteiger partial charge in [-0.25, -0.2) is 0 Å². The molecule has 4 aromatic rings. The summed E-state index contributed by atoms with van der Waals surface area (Å²) in [7, 11) is 0. The highest BCUT2D eigenvalue weighted by molar-refractivity contribution is 5.51. The van der Waals surface area contributed by atoms with Gasteiger partial charge in [0.25, 0.3) is 0 Å². The van der Waals surface area contributed by atoms with Crippen molar-refractivity contribution >= 4 is 0 Å². The molecular formula is C31H30O3. The molecule has 0 saturated carbocycles. The minimum absolute atomic E-state index is 0.515. The summed E-state index contributed by atoms with van der Waals surface area (Å²) in [5.41, 5.74) is 7.42. The lowest BCUT2D eigenvalue weighted by Crippen LogP contribution is -2.48. The zero-order valence-corrected chi connectivity index (χ0v) is 20.2. The Kier molecular flexibility index (Phi) is 5.86.